The van der Waals surface area contributed by atoms with E-state index < -0.39 is 0 Å². The Hall–Kier alpha value is -0.870. The number of halogens is 1. The number of esters is 1. The Morgan fingerprint density at radius 2 is 2.14 bits per heavy atom. The van der Waals surface area contributed by atoms with Crippen LogP contribution in [0, 0.1) is 5.92 Å². The summed E-state index contributed by atoms with van der Waals surface area (Å²) in [5.41, 5.74) is 1.76. The van der Waals surface area contributed by atoms with Crippen molar-refractivity contribution in [2.45, 2.75) is 51.6 Å². The van der Waals surface area contributed by atoms with E-state index in [-0.39, 0.29) is 5.97 Å². The van der Waals surface area contributed by atoms with E-state index in [0.717, 1.165) is 16.9 Å². The summed E-state index contributed by atoms with van der Waals surface area (Å²) in [5.74, 6) is 0.500. The van der Waals surface area contributed by atoms with Gasteiger partial charge in [0, 0.05) is 17.1 Å². The normalized spacial score (nSPS) is 22.0. The van der Waals surface area contributed by atoms with Crippen LogP contribution in [0.5, 0.6) is 0 Å². The SMILES string of the molecule is CCC1CCCCC1NCc1ccc(C(=O)OC)cc1Br. The Morgan fingerprint density at radius 1 is 1.38 bits per heavy atom. The molecule has 0 spiro atoms. The zero-order chi connectivity index (χ0) is 15.2. The number of carbonyl (C=O) groups excluding carboxylic acids is 1. The first-order chi connectivity index (χ1) is 10.2. The second-order valence-corrected chi connectivity index (χ2v) is 6.59. The first-order valence-electron chi connectivity index (χ1n) is 7.75. The highest BCUT2D eigenvalue weighted by atomic mass is 79.9. The van der Waals surface area contributed by atoms with Gasteiger partial charge < -0.3 is 10.1 Å². The first-order valence-corrected chi connectivity index (χ1v) is 8.55. The van der Waals surface area contributed by atoms with Crippen molar-refractivity contribution in [2.24, 2.45) is 5.92 Å². The molecule has 116 valence electrons. The standard InChI is InChI=1S/C17H24BrNO2/c1-3-12-6-4-5-7-16(12)19-11-14-9-8-13(10-15(14)18)17(20)21-2/h8-10,12,16,19H,3-7,11H2,1-2H3. The maximum atomic E-state index is 11.5. The van der Waals surface area contributed by atoms with E-state index in [2.05, 4.69) is 28.2 Å². The number of ether oxygens (including phenoxy) is 1. The molecule has 0 radical (unpaired) electrons. The number of benzene rings is 1. The molecule has 1 saturated carbocycles. The average molecular weight is 354 g/mol. The second kappa shape index (κ2) is 7.95. The molecule has 1 aliphatic rings. The van der Waals surface area contributed by atoms with Crippen molar-refractivity contribution in [1.29, 1.82) is 0 Å². The van der Waals surface area contributed by atoms with Crippen LogP contribution in [0.15, 0.2) is 22.7 Å². The van der Waals surface area contributed by atoms with Crippen molar-refractivity contribution >= 4 is 21.9 Å². The van der Waals surface area contributed by atoms with E-state index in [9.17, 15) is 4.79 Å². The van der Waals surface area contributed by atoms with Gasteiger partial charge in [-0.05, 0) is 36.5 Å². The van der Waals surface area contributed by atoms with Crippen LogP contribution in [0.3, 0.4) is 0 Å². The Balaban J connectivity index is 1.98. The van der Waals surface area contributed by atoms with Gasteiger partial charge in [0.05, 0.1) is 12.7 Å². The van der Waals surface area contributed by atoms with Crippen LogP contribution >= 0.6 is 15.9 Å². The van der Waals surface area contributed by atoms with Crippen LogP contribution in [-0.2, 0) is 11.3 Å². The van der Waals surface area contributed by atoms with Crippen LogP contribution in [0.1, 0.15) is 54.9 Å². The van der Waals surface area contributed by atoms with Crippen molar-refractivity contribution in [3.8, 4) is 0 Å². The number of hydrogen-bond donors (Lipinski definition) is 1. The lowest BCUT2D eigenvalue weighted by Crippen LogP contribution is -2.37. The van der Waals surface area contributed by atoms with E-state index >= 15 is 0 Å². The highest BCUT2D eigenvalue weighted by Crippen LogP contribution is 2.27. The summed E-state index contributed by atoms with van der Waals surface area (Å²) in [6, 6.07) is 6.27. The topological polar surface area (TPSA) is 38.3 Å². The highest BCUT2D eigenvalue weighted by Gasteiger charge is 2.23. The highest BCUT2D eigenvalue weighted by molar-refractivity contribution is 9.10. The van der Waals surface area contributed by atoms with Crippen LogP contribution < -0.4 is 5.32 Å². The van der Waals surface area contributed by atoms with Gasteiger partial charge in [-0.25, -0.2) is 4.79 Å². The van der Waals surface area contributed by atoms with Gasteiger partial charge in [-0.2, -0.15) is 0 Å². The fraction of sp³-hybridized carbons (Fsp3) is 0.588. The van der Waals surface area contributed by atoms with Gasteiger partial charge in [-0.1, -0.05) is 48.2 Å². The lowest BCUT2D eigenvalue weighted by molar-refractivity contribution is 0.0600. The van der Waals surface area contributed by atoms with Gasteiger partial charge in [-0.3, -0.25) is 0 Å². The summed E-state index contributed by atoms with van der Waals surface area (Å²) in [6.07, 6.45) is 6.57. The van der Waals surface area contributed by atoms with Gasteiger partial charge in [-0.15, -0.1) is 0 Å². The summed E-state index contributed by atoms with van der Waals surface area (Å²) >= 11 is 3.55. The molecule has 0 amide bonds. The lowest BCUT2D eigenvalue weighted by Gasteiger charge is -2.31. The first kappa shape index (κ1) is 16.5. The third-order valence-electron chi connectivity index (χ3n) is 4.46. The van der Waals surface area contributed by atoms with E-state index in [1.807, 2.05) is 18.2 Å². The summed E-state index contributed by atoms with van der Waals surface area (Å²) < 4.78 is 5.70. The fourth-order valence-corrected chi connectivity index (χ4v) is 3.66. The monoisotopic (exact) mass is 353 g/mol. The van der Waals surface area contributed by atoms with Gasteiger partial charge in [0.2, 0.25) is 0 Å². The minimum absolute atomic E-state index is 0.298. The van der Waals surface area contributed by atoms with E-state index in [0.29, 0.717) is 11.6 Å². The quantitative estimate of drug-likeness (QED) is 0.802. The number of nitrogens with one attached hydrogen (secondary N) is 1. The van der Waals surface area contributed by atoms with Crippen LogP contribution in [0.4, 0.5) is 0 Å². The number of rotatable bonds is 5. The number of hydrogen-bond acceptors (Lipinski definition) is 3. The maximum absolute atomic E-state index is 11.5. The number of carbonyl (C=O) groups is 1. The predicted molar refractivity (Wildman–Crippen MR) is 88.4 cm³/mol. The molecule has 0 aromatic heterocycles. The molecule has 4 heteroatoms. The molecule has 1 aromatic rings. The Labute approximate surface area is 135 Å². The third kappa shape index (κ3) is 4.30. The molecule has 1 N–H and O–H groups in total. The van der Waals surface area contributed by atoms with Gasteiger partial charge in [0.25, 0.3) is 0 Å². The Morgan fingerprint density at radius 3 is 2.81 bits per heavy atom. The summed E-state index contributed by atoms with van der Waals surface area (Å²) in [6.45, 7) is 3.12. The third-order valence-corrected chi connectivity index (χ3v) is 5.20. The molecule has 1 aliphatic carbocycles. The molecule has 0 aliphatic heterocycles. The van der Waals surface area contributed by atoms with E-state index in [1.165, 1.54) is 44.8 Å². The zero-order valence-electron chi connectivity index (χ0n) is 12.8. The molecule has 0 bridgehead atoms. The van der Waals surface area contributed by atoms with Crippen molar-refractivity contribution in [3.63, 3.8) is 0 Å². The molecular weight excluding hydrogens is 330 g/mol. The fourth-order valence-electron chi connectivity index (χ4n) is 3.14. The maximum Gasteiger partial charge on any atom is 0.337 e. The summed E-state index contributed by atoms with van der Waals surface area (Å²) in [5, 5.41) is 3.70. The predicted octanol–water partition coefficient (Wildman–Crippen LogP) is 4.29. The van der Waals surface area contributed by atoms with E-state index in [1.54, 1.807) is 0 Å². The molecule has 1 aromatic carbocycles. The van der Waals surface area contributed by atoms with Crippen molar-refractivity contribution in [3.05, 3.63) is 33.8 Å². The largest absolute Gasteiger partial charge is 0.465 e. The zero-order valence-corrected chi connectivity index (χ0v) is 14.4. The van der Waals surface area contributed by atoms with Crippen LogP contribution in [0.2, 0.25) is 0 Å². The van der Waals surface area contributed by atoms with Gasteiger partial charge >= 0.3 is 5.97 Å². The molecule has 3 nitrogen and oxygen atoms in total. The van der Waals surface area contributed by atoms with Gasteiger partial charge in [0.1, 0.15) is 0 Å². The Kier molecular flexibility index (Phi) is 6.24. The second-order valence-electron chi connectivity index (χ2n) is 5.74. The van der Waals surface area contributed by atoms with Crippen molar-refractivity contribution in [1.82, 2.24) is 5.32 Å². The number of methoxy groups -OCH3 is 1. The molecule has 2 rings (SSSR count). The average Bonchev–Trinajstić information content (AvgIpc) is 2.53. The smallest absolute Gasteiger partial charge is 0.337 e. The van der Waals surface area contributed by atoms with Crippen molar-refractivity contribution < 1.29 is 9.53 Å². The Bertz CT molecular complexity index is 490. The van der Waals surface area contributed by atoms with Crippen molar-refractivity contribution in [2.75, 3.05) is 7.11 Å². The van der Waals surface area contributed by atoms with E-state index in [4.69, 9.17) is 4.74 Å². The minimum atomic E-state index is -0.298. The molecular formula is C17H24BrNO2. The van der Waals surface area contributed by atoms with Crippen LogP contribution in [-0.4, -0.2) is 19.1 Å². The van der Waals surface area contributed by atoms with Crippen LogP contribution in [0.25, 0.3) is 0 Å². The molecule has 21 heavy (non-hydrogen) atoms. The summed E-state index contributed by atoms with van der Waals surface area (Å²) in [7, 11) is 1.40. The lowest BCUT2D eigenvalue weighted by atomic mass is 9.83. The molecule has 0 heterocycles. The van der Waals surface area contributed by atoms with Gasteiger partial charge in [0.15, 0.2) is 0 Å². The minimum Gasteiger partial charge on any atom is -0.465 e. The molecule has 2 unspecified atom stereocenters. The molecule has 1 fully saturated rings. The molecule has 2 atom stereocenters. The molecule has 0 saturated heterocycles. The summed E-state index contributed by atoms with van der Waals surface area (Å²) in [4.78, 5) is 11.5.